The van der Waals surface area contributed by atoms with Gasteiger partial charge in [-0.05, 0) is 61.9 Å². The molecule has 0 radical (unpaired) electrons. The van der Waals surface area contributed by atoms with Crippen LogP contribution in [-0.4, -0.2) is 39.2 Å². The maximum absolute atomic E-state index is 12.8. The summed E-state index contributed by atoms with van der Waals surface area (Å²) < 4.78 is 0. The van der Waals surface area contributed by atoms with Crippen molar-refractivity contribution in [3.8, 4) is 0 Å². The SMILES string of the molecule is CCC(Sc1cccc(NC(=O)c2ccc(C(=O)O)cc2C(=O)O)c1)C(=O)Nc1ccc(C)cc1. The highest BCUT2D eigenvalue weighted by molar-refractivity contribution is 8.00. The minimum Gasteiger partial charge on any atom is -0.478 e. The van der Waals surface area contributed by atoms with Gasteiger partial charge < -0.3 is 20.8 Å². The first-order valence-electron chi connectivity index (χ1n) is 10.7. The summed E-state index contributed by atoms with van der Waals surface area (Å²) in [5.74, 6) is -3.53. The fourth-order valence-electron chi connectivity index (χ4n) is 3.24. The second-order valence-corrected chi connectivity index (χ2v) is 9.00. The molecule has 180 valence electrons. The van der Waals surface area contributed by atoms with Gasteiger partial charge in [0.25, 0.3) is 5.91 Å². The lowest BCUT2D eigenvalue weighted by atomic mass is 10.0. The third-order valence-corrected chi connectivity index (χ3v) is 6.45. The van der Waals surface area contributed by atoms with Gasteiger partial charge in [-0.25, -0.2) is 9.59 Å². The highest BCUT2D eigenvalue weighted by Gasteiger charge is 2.21. The molecule has 8 nitrogen and oxygen atoms in total. The lowest BCUT2D eigenvalue weighted by Crippen LogP contribution is -2.24. The van der Waals surface area contributed by atoms with E-state index in [4.69, 9.17) is 5.11 Å². The molecule has 4 N–H and O–H groups in total. The zero-order valence-electron chi connectivity index (χ0n) is 19.1. The van der Waals surface area contributed by atoms with Gasteiger partial charge in [0.15, 0.2) is 0 Å². The summed E-state index contributed by atoms with van der Waals surface area (Å²) in [6, 6.07) is 17.7. The van der Waals surface area contributed by atoms with E-state index in [-0.39, 0.29) is 22.3 Å². The summed E-state index contributed by atoms with van der Waals surface area (Å²) in [7, 11) is 0. The van der Waals surface area contributed by atoms with E-state index >= 15 is 0 Å². The predicted octanol–water partition coefficient (Wildman–Crippen LogP) is 5.15. The number of carboxylic acid groups (broad SMARTS) is 2. The summed E-state index contributed by atoms with van der Waals surface area (Å²) >= 11 is 1.35. The minimum absolute atomic E-state index is 0.139. The standard InChI is InChI=1S/C26H24N2O6S/c1-3-22(24(30)27-17-10-7-15(2)8-11-17)35-19-6-4-5-18(14-19)28-23(29)20-12-9-16(25(31)32)13-21(20)26(33)34/h4-14,22H,3H2,1-2H3,(H,27,30)(H,28,29)(H,31,32)(H,33,34). The summed E-state index contributed by atoms with van der Waals surface area (Å²) in [4.78, 5) is 49.0. The van der Waals surface area contributed by atoms with Gasteiger partial charge in [-0.3, -0.25) is 9.59 Å². The number of hydrogen-bond donors (Lipinski definition) is 4. The van der Waals surface area contributed by atoms with Crippen LogP contribution in [0.25, 0.3) is 0 Å². The monoisotopic (exact) mass is 492 g/mol. The second-order valence-electron chi connectivity index (χ2n) is 7.72. The molecule has 3 aromatic carbocycles. The Morgan fingerprint density at radius 2 is 1.54 bits per heavy atom. The number of anilines is 2. The van der Waals surface area contributed by atoms with E-state index in [2.05, 4.69) is 10.6 Å². The highest BCUT2D eigenvalue weighted by Crippen LogP contribution is 2.29. The average molecular weight is 493 g/mol. The molecule has 0 saturated carbocycles. The van der Waals surface area contributed by atoms with Gasteiger partial charge in [-0.1, -0.05) is 30.7 Å². The summed E-state index contributed by atoms with van der Waals surface area (Å²) in [6.07, 6.45) is 0.580. The fourth-order valence-corrected chi connectivity index (χ4v) is 4.26. The molecule has 1 atom stereocenters. The van der Waals surface area contributed by atoms with Crippen molar-refractivity contribution in [2.75, 3.05) is 10.6 Å². The molecular formula is C26H24N2O6S. The summed E-state index contributed by atoms with van der Waals surface area (Å²) in [5, 5.41) is 23.7. The number of thioether (sulfide) groups is 1. The largest absolute Gasteiger partial charge is 0.478 e. The molecule has 3 rings (SSSR count). The maximum Gasteiger partial charge on any atom is 0.336 e. The van der Waals surface area contributed by atoms with Crippen LogP contribution in [0, 0.1) is 6.92 Å². The number of hydrogen-bond acceptors (Lipinski definition) is 5. The Labute approximate surface area is 206 Å². The molecule has 0 saturated heterocycles. The number of carbonyl (C=O) groups excluding carboxylic acids is 2. The van der Waals surface area contributed by atoms with E-state index in [0.29, 0.717) is 17.8 Å². The summed E-state index contributed by atoms with van der Waals surface area (Å²) in [5.41, 5.74) is 1.41. The van der Waals surface area contributed by atoms with Gasteiger partial charge >= 0.3 is 11.9 Å². The molecule has 0 heterocycles. The van der Waals surface area contributed by atoms with Gasteiger partial charge in [-0.15, -0.1) is 11.8 Å². The topological polar surface area (TPSA) is 133 Å². The van der Waals surface area contributed by atoms with E-state index in [1.54, 1.807) is 18.2 Å². The Morgan fingerprint density at radius 3 is 2.17 bits per heavy atom. The van der Waals surface area contributed by atoms with Crippen LogP contribution in [0.4, 0.5) is 11.4 Å². The van der Waals surface area contributed by atoms with Gasteiger partial charge in [0.2, 0.25) is 5.91 Å². The van der Waals surface area contributed by atoms with Gasteiger partial charge in [0, 0.05) is 16.3 Å². The molecule has 0 fully saturated rings. The molecule has 0 aliphatic carbocycles. The first-order valence-corrected chi connectivity index (χ1v) is 11.6. The van der Waals surface area contributed by atoms with Gasteiger partial charge in [0.05, 0.1) is 21.9 Å². The number of amides is 2. The number of rotatable bonds is 9. The van der Waals surface area contributed by atoms with Crippen molar-refractivity contribution in [3.63, 3.8) is 0 Å². The normalized spacial score (nSPS) is 11.4. The lowest BCUT2D eigenvalue weighted by Gasteiger charge is -2.16. The van der Waals surface area contributed by atoms with Crippen LogP contribution in [-0.2, 0) is 4.79 Å². The smallest absolute Gasteiger partial charge is 0.336 e. The number of nitrogens with one attached hydrogen (secondary N) is 2. The number of aryl methyl sites for hydroxylation is 1. The fraction of sp³-hybridized carbons (Fsp3) is 0.154. The zero-order valence-corrected chi connectivity index (χ0v) is 19.9. The van der Waals surface area contributed by atoms with Gasteiger partial charge in [-0.2, -0.15) is 0 Å². The van der Waals surface area contributed by atoms with Crippen molar-refractivity contribution < 1.29 is 29.4 Å². The van der Waals surface area contributed by atoms with Crippen LogP contribution in [0.1, 0.15) is 50.0 Å². The van der Waals surface area contributed by atoms with Crippen molar-refractivity contribution in [3.05, 3.63) is 89.0 Å². The van der Waals surface area contributed by atoms with Crippen LogP contribution in [0.3, 0.4) is 0 Å². The van der Waals surface area contributed by atoms with Crippen molar-refractivity contribution in [1.82, 2.24) is 0 Å². The van der Waals surface area contributed by atoms with E-state index in [9.17, 15) is 24.3 Å². The maximum atomic E-state index is 12.8. The Balaban J connectivity index is 1.73. The molecule has 1 unspecified atom stereocenters. The third kappa shape index (κ3) is 6.70. The van der Waals surface area contributed by atoms with Crippen LogP contribution < -0.4 is 10.6 Å². The van der Waals surface area contributed by atoms with Crippen LogP contribution in [0.5, 0.6) is 0 Å². The molecule has 0 aliphatic rings. The number of benzene rings is 3. The highest BCUT2D eigenvalue weighted by atomic mass is 32.2. The zero-order chi connectivity index (χ0) is 25.5. The van der Waals surface area contributed by atoms with E-state index in [1.807, 2.05) is 44.2 Å². The minimum atomic E-state index is -1.41. The number of carbonyl (C=O) groups is 4. The molecule has 0 aliphatic heterocycles. The van der Waals surface area contributed by atoms with Crippen molar-refractivity contribution >= 4 is 46.9 Å². The molecule has 3 aromatic rings. The Kier molecular flexibility index (Phi) is 8.27. The lowest BCUT2D eigenvalue weighted by molar-refractivity contribution is -0.115. The Morgan fingerprint density at radius 1 is 0.829 bits per heavy atom. The third-order valence-electron chi connectivity index (χ3n) is 5.09. The molecule has 9 heteroatoms. The van der Waals surface area contributed by atoms with E-state index in [1.165, 1.54) is 23.9 Å². The molecular weight excluding hydrogens is 468 g/mol. The number of aromatic carboxylic acids is 2. The first-order chi connectivity index (χ1) is 16.7. The molecule has 0 bridgehead atoms. The van der Waals surface area contributed by atoms with Gasteiger partial charge in [0.1, 0.15) is 0 Å². The Bertz CT molecular complexity index is 1270. The van der Waals surface area contributed by atoms with Crippen molar-refractivity contribution in [2.24, 2.45) is 0 Å². The van der Waals surface area contributed by atoms with Crippen LogP contribution >= 0.6 is 11.8 Å². The molecule has 0 aromatic heterocycles. The Hall–Kier alpha value is -4.11. The van der Waals surface area contributed by atoms with Crippen molar-refractivity contribution in [1.29, 1.82) is 0 Å². The second kappa shape index (κ2) is 11.3. The van der Waals surface area contributed by atoms with Crippen LogP contribution in [0.15, 0.2) is 71.6 Å². The summed E-state index contributed by atoms with van der Waals surface area (Å²) in [6.45, 7) is 3.88. The van der Waals surface area contributed by atoms with E-state index < -0.39 is 23.4 Å². The van der Waals surface area contributed by atoms with Crippen LogP contribution in [0.2, 0.25) is 0 Å². The average Bonchev–Trinajstić information content (AvgIpc) is 2.83. The van der Waals surface area contributed by atoms with E-state index in [0.717, 1.165) is 16.5 Å². The quantitative estimate of drug-likeness (QED) is 0.304. The predicted molar refractivity (Wildman–Crippen MR) is 135 cm³/mol. The molecule has 35 heavy (non-hydrogen) atoms. The molecule has 2 amide bonds. The molecule has 0 spiro atoms. The number of carboxylic acids is 2. The first kappa shape index (κ1) is 25.5. The van der Waals surface area contributed by atoms with Crippen molar-refractivity contribution in [2.45, 2.75) is 30.4 Å².